The minimum Gasteiger partial charge on any atom is -0.430 e. The Bertz CT molecular complexity index is 1140. The van der Waals surface area contributed by atoms with Crippen LogP contribution in [-0.2, 0) is 19.4 Å². The zero-order chi connectivity index (χ0) is 16.8. The molecule has 0 unspecified atom stereocenters. The quantitative estimate of drug-likeness (QED) is 0.564. The SMILES string of the molecule is O=c1c2oc3nc4c(cc3c2ncn1Cc1ccccc1)CCCC4. The summed E-state index contributed by atoms with van der Waals surface area (Å²) in [5, 5.41) is 0.847. The lowest BCUT2D eigenvalue weighted by atomic mass is 9.95. The van der Waals surface area contributed by atoms with E-state index >= 15 is 0 Å². The van der Waals surface area contributed by atoms with Gasteiger partial charge in [-0.05, 0) is 42.9 Å². The molecule has 0 radical (unpaired) electrons. The molecule has 25 heavy (non-hydrogen) atoms. The standard InChI is InChI=1S/C20H17N3O2/c24-20-18-17(21-12-23(20)11-13-6-2-1-3-7-13)15-10-14-8-4-5-9-16(14)22-19(15)25-18/h1-3,6-7,10,12H,4-5,8-9,11H2. The molecule has 5 rings (SSSR count). The van der Waals surface area contributed by atoms with Crippen LogP contribution in [0, 0.1) is 0 Å². The Labute approximate surface area is 143 Å². The van der Waals surface area contributed by atoms with Gasteiger partial charge in [0.2, 0.25) is 11.3 Å². The summed E-state index contributed by atoms with van der Waals surface area (Å²) in [6, 6.07) is 12.0. The molecule has 0 bridgehead atoms. The summed E-state index contributed by atoms with van der Waals surface area (Å²) in [7, 11) is 0. The molecule has 0 saturated heterocycles. The average molecular weight is 331 g/mol. The highest BCUT2D eigenvalue weighted by molar-refractivity contribution is 6.00. The second-order valence-corrected chi connectivity index (χ2v) is 6.60. The highest BCUT2D eigenvalue weighted by Crippen LogP contribution is 2.29. The van der Waals surface area contributed by atoms with Crippen molar-refractivity contribution in [1.82, 2.24) is 14.5 Å². The Kier molecular flexibility index (Phi) is 3.20. The molecule has 0 N–H and O–H groups in total. The molecule has 0 fully saturated rings. The van der Waals surface area contributed by atoms with Gasteiger partial charge in [-0.1, -0.05) is 30.3 Å². The number of nitrogens with zero attached hydrogens (tertiary/aromatic N) is 3. The number of hydrogen-bond donors (Lipinski definition) is 0. The first-order valence-corrected chi connectivity index (χ1v) is 8.64. The summed E-state index contributed by atoms with van der Waals surface area (Å²) in [5.74, 6) is 0. The van der Waals surface area contributed by atoms with Gasteiger partial charge in [0.1, 0.15) is 5.52 Å². The first-order chi connectivity index (χ1) is 12.3. The van der Waals surface area contributed by atoms with Crippen molar-refractivity contribution >= 4 is 22.2 Å². The number of rotatable bonds is 2. The van der Waals surface area contributed by atoms with E-state index in [9.17, 15) is 4.79 Å². The molecule has 4 aromatic rings. The summed E-state index contributed by atoms with van der Waals surface area (Å²) in [6.07, 6.45) is 5.97. The zero-order valence-electron chi connectivity index (χ0n) is 13.7. The van der Waals surface area contributed by atoms with Crippen LogP contribution in [0.15, 0.2) is 51.9 Å². The van der Waals surface area contributed by atoms with Crippen molar-refractivity contribution in [2.45, 2.75) is 32.2 Å². The topological polar surface area (TPSA) is 60.9 Å². The van der Waals surface area contributed by atoms with Gasteiger partial charge in [0, 0.05) is 5.69 Å². The van der Waals surface area contributed by atoms with Crippen molar-refractivity contribution in [3.63, 3.8) is 0 Å². The normalized spacial score (nSPS) is 14.1. The fourth-order valence-corrected chi connectivity index (χ4v) is 3.61. The van der Waals surface area contributed by atoms with Crippen LogP contribution in [-0.4, -0.2) is 14.5 Å². The van der Waals surface area contributed by atoms with E-state index in [1.807, 2.05) is 30.3 Å². The first-order valence-electron chi connectivity index (χ1n) is 8.64. The van der Waals surface area contributed by atoms with Gasteiger partial charge in [-0.15, -0.1) is 0 Å². The molecule has 124 valence electrons. The second kappa shape index (κ2) is 5.55. The highest BCUT2D eigenvalue weighted by atomic mass is 16.3. The number of pyridine rings is 1. The van der Waals surface area contributed by atoms with Gasteiger partial charge in [0.25, 0.3) is 5.56 Å². The van der Waals surface area contributed by atoms with Crippen LogP contribution in [0.2, 0.25) is 0 Å². The third-order valence-corrected chi connectivity index (χ3v) is 4.91. The maximum Gasteiger partial charge on any atom is 0.297 e. The van der Waals surface area contributed by atoms with Crippen molar-refractivity contribution in [3.05, 3.63) is 69.9 Å². The van der Waals surface area contributed by atoms with Gasteiger partial charge in [-0.2, -0.15) is 0 Å². The van der Waals surface area contributed by atoms with E-state index in [1.54, 1.807) is 10.9 Å². The van der Waals surface area contributed by atoms with E-state index in [-0.39, 0.29) is 5.56 Å². The molecule has 3 heterocycles. The first kappa shape index (κ1) is 14.4. The summed E-state index contributed by atoms with van der Waals surface area (Å²) < 4.78 is 7.40. The lowest BCUT2D eigenvalue weighted by molar-refractivity contribution is 0.619. The van der Waals surface area contributed by atoms with Crippen molar-refractivity contribution in [3.8, 4) is 0 Å². The number of aryl methyl sites for hydroxylation is 2. The fourth-order valence-electron chi connectivity index (χ4n) is 3.61. The minimum absolute atomic E-state index is 0.162. The Balaban J connectivity index is 1.68. The Morgan fingerprint density at radius 1 is 1.12 bits per heavy atom. The molecule has 0 atom stereocenters. The maximum absolute atomic E-state index is 12.8. The summed E-state index contributed by atoms with van der Waals surface area (Å²) in [5.41, 5.74) is 4.69. The van der Waals surface area contributed by atoms with Gasteiger partial charge in [-0.3, -0.25) is 9.36 Å². The molecule has 5 nitrogen and oxygen atoms in total. The van der Waals surface area contributed by atoms with E-state index in [2.05, 4.69) is 16.0 Å². The van der Waals surface area contributed by atoms with Gasteiger partial charge in [0.05, 0.1) is 18.3 Å². The van der Waals surface area contributed by atoms with Crippen LogP contribution in [0.3, 0.4) is 0 Å². The second-order valence-electron chi connectivity index (χ2n) is 6.60. The predicted molar refractivity (Wildman–Crippen MR) is 95.8 cm³/mol. The highest BCUT2D eigenvalue weighted by Gasteiger charge is 2.19. The van der Waals surface area contributed by atoms with Gasteiger partial charge >= 0.3 is 0 Å². The molecule has 0 spiro atoms. The van der Waals surface area contributed by atoms with Gasteiger partial charge < -0.3 is 4.42 Å². The van der Waals surface area contributed by atoms with Crippen molar-refractivity contribution in [2.75, 3.05) is 0 Å². The minimum atomic E-state index is -0.162. The number of fused-ring (bicyclic) bond motifs is 4. The molecule has 0 amide bonds. The van der Waals surface area contributed by atoms with Gasteiger partial charge in [0.15, 0.2) is 0 Å². The molecule has 1 aliphatic carbocycles. The number of hydrogen-bond acceptors (Lipinski definition) is 4. The van der Waals surface area contributed by atoms with Crippen LogP contribution in [0.4, 0.5) is 0 Å². The zero-order valence-corrected chi connectivity index (χ0v) is 13.7. The third-order valence-electron chi connectivity index (χ3n) is 4.91. The Morgan fingerprint density at radius 3 is 2.84 bits per heavy atom. The lowest BCUT2D eigenvalue weighted by Gasteiger charge is -2.13. The molecule has 0 aliphatic heterocycles. The monoisotopic (exact) mass is 331 g/mol. The average Bonchev–Trinajstić information content (AvgIpc) is 3.01. The molecule has 0 saturated carbocycles. The summed E-state index contributed by atoms with van der Waals surface area (Å²) in [4.78, 5) is 22.0. The van der Waals surface area contributed by atoms with Crippen molar-refractivity contribution < 1.29 is 4.42 Å². The molecule has 1 aliphatic rings. The van der Waals surface area contributed by atoms with E-state index < -0.39 is 0 Å². The van der Waals surface area contributed by atoms with Crippen LogP contribution >= 0.6 is 0 Å². The summed E-state index contributed by atoms with van der Waals surface area (Å²) >= 11 is 0. The number of furan rings is 1. The molecule has 5 heteroatoms. The van der Waals surface area contributed by atoms with E-state index in [4.69, 9.17) is 4.42 Å². The molecular weight excluding hydrogens is 314 g/mol. The van der Waals surface area contributed by atoms with Crippen LogP contribution < -0.4 is 5.56 Å². The number of aromatic nitrogens is 3. The molecule has 3 aromatic heterocycles. The van der Waals surface area contributed by atoms with Crippen LogP contribution in [0.5, 0.6) is 0 Å². The van der Waals surface area contributed by atoms with Crippen LogP contribution in [0.25, 0.3) is 22.2 Å². The Hall–Kier alpha value is -2.95. The lowest BCUT2D eigenvalue weighted by Crippen LogP contribution is -2.20. The largest absolute Gasteiger partial charge is 0.430 e. The molecular formula is C20H17N3O2. The van der Waals surface area contributed by atoms with E-state index in [0.29, 0.717) is 23.4 Å². The third kappa shape index (κ3) is 2.35. The Morgan fingerprint density at radius 2 is 1.96 bits per heavy atom. The van der Waals surface area contributed by atoms with Gasteiger partial charge in [-0.25, -0.2) is 9.97 Å². The van der Waals surface area contributed by atoms with Crippen molar-refractivity contribution in [1.29, 1.82) is 0 Å². The summed E-state index contributed by atoms with van der Waals surface area (Å²) in [6.45, 7) is 0.476. The van der Waals surface area contributed by atoms with E-state index in [0.717, 1.165) is 35.9 Å². The maximum atomic E-state index is 12.8. The van der Waals surface area contributed by atoms with Crippen LogP contribution in [0.1, 0.15) is 29.7 Å². The predicted octanol–water partition coefficient (Wildman–Crippen LogP) is 3.46. The van der Waals surface area contributed by atoms with Crippen molar-refractivity contribution in [2.24, 2.45) is 0 Å². The van der Waals surface area contributed by atoms with E-state index in [1.165, 1.54) is 12.0 Å². The molecule has 1 aromatic carbocycles. The smallest absolute Gasteiger partial charge is 0.297 e. The number of benzene rings is 1. The fraction of sp³-hybridized carbons (Fsp3) is 0.250.